The largest absolute Gasteiger partial charge is 0.489 e. The molecule has 5 nitrogen and oxygen atoms in total. The molecule has 4 aromatic rings. The zero-order valence-electron chi connectivity index (χ0n) is 14.1. The van der Waals surface area contributed by atoms with E-state index in [1.54, 1.807) is 24.4 Å². The Labute approximate surface area is 159 Å². The summed E-state index contributed by atoms with van der Waals surface area (Å²) in [5.41, 5.74) is 2.45. The highest BCUT2D eigenvalue weighted by Gasteiger charge is 2.06. The molecule has 2 aromatic carbocycles. The summed E-state index contributed by atoms with van der Waals surface area (Å²) >= 11 is 5.98. The van der Waals surface area contributed by atoms with Gasteiger partial charge in [0.1, 0.15) is 35.5 Å². The zero-order valence-corrected chi connectivity index (χ0v) is 14.8. The maximum Gasteiger partial charge on any atom is 0.141 e. The Bertz CT molecular complexity index is 1070. The minimum absolute atomic E-state index is 0.261. The number of benzene rings is 2. The van der Waals surface area contributed by atoms with Crippen LogP contribution in [0.2, 0.25) is 5.15 Å². The summed E-state index contributed by atoms with van der Waals surface area (Å²) in [5, 5.41) is 4.41. The van der Waals surface area contributed by atoms with Crippen molar-refractivity contribution in [2.45, 2.75) is 6.61 Å². The van der Waals surface area contributed by atoms with Crippen LogP contribution in [0, 0.1) is 5.82 Å². The van der Waals surface area contributed by atoms with Gasteiger partial charge in [0.2, 0.25) is 0 Å². The first-order chi connectivity index (χ1) is 13.2. The molecule has 0 fully saturated rings. The van der Waals surface area contributed by atoms with Crippen molar-refractivity contribution in [1.29, 1.82) is 0 Å². The highest BCUT2D eigenvalue weighted by molar-refractivity contribution is 6.30. The molecular formula is C20H14ClFN4O. The summed E-state index contributed by atoms with van der Waals surface area (Å²) in [7, 11) is 0. The van der Waals surface area contributed by atoms with Crippen LogP contribution >= 0.6 is 11.6 Å². The quantitative estimate of drug-likeness (QED) is 0.486. The number of anilines is 2. The van der Waals surface area contributed by atoms with E-state index in [1.807, 2.05) is 24.3 Å². The van der Waals surface area contributed by atoms with E-state index in [9.17, 15) is 4.39 Å². The number of nitrogens with one attached hydrogen (secondary N) is 1. The van der Waals surface area contributed by atoms with Crippen molar-refractivity contribution in [1.82, 2.24) is 15.0 Å². The van der Waals surface area contributed by atoms with E-state index in [2.05, 4.69) is 20.3 Å². The van der Waals surface area contributed by atoms with Gasteiger partial charge >= 0.3 is 0 Å². The van der Waals surface area contributed by atoms with E-state index in [1.165, 1.54) is 18.5 Å². The van der Waals surface area contributed by atoms with Crippen LogP contribution in [0.1, 0.15) is 5.56 Å². The van der Waals surface area contributed by atoms with Crippen molar-refractivity contribution in [2.24, 2.45) is 0 Å². The Balaban J connectivity index is 1.46. The molecular weight excluding hydrogens is 367 g/mol. The molecule has 4 rings (SSSR count). The number of hydrogen-bond acceptors (Lipinski definition) is 5. The number of fused-ring (bicyclic) bond motifs is 1. The molecule has 134 valence electrons. The lowest BCUT2D eigenvalue weighted by atomic mass is 10.2. The van der Waals surface area contributed by atoms with Gasteiger partial charge in [0.05, 0.1) is 11.7 Å². The summed E-state index contributed by atoms with van der Waals surface area (Å²) in [5.74, 6) is 1.09. The number of pyridine rings is 1. The number of aromatic nitrogens is 3. The lowest BCUT2D eigenvalue weighted by Gasteiger charge is -2.10. The van der Waals surface area contributed by atoms with Gasteiger partial charge in [-0.05, 0) is 48.0 Å². The maximum absolute atomic E-state index is 12.9. The minimum atomic E-state index is -0.261. The Kier molecular flexibility index (Phi) is 4.80. The van der Waals surface area contributed by atoms with Crippen LogP contribution in [0.4, 0.5) is 15.9 Å². The van der Waals surface area contributed by atoms with Crippen molar-refractivity contribution in [2.75, 3.05) is 5.32 Å². The molecule has 0 spiro atoms. The molecule has 0 aliphatic heterocycles. The van der Waals surface area contributed by atoms with Crippen molar-refractivity contribution in [3.63, 3.8) is 0 Å². The fourth-order valence-corrected chi connectivity index (χ4v) is 2.71. The maximum atomic E-state index is 12.9. The number of halogens is 2. The number of nitrogens with zero attached hydrogens (tertiary/aromatic N) is 3. The lowest BCUT2D eigenvalue weighted by Crippen LogP contribution is -1.98. The van der Waals surface area contributed by atoms with E-state index < -0.39 is 0 Å². The Morgan fingerprint density at radius 2 is 1.74 bits per heavy atom. The lowest BCUT2D eigenvalue weighted by molar-refractivity contribution is 0.306. The molecule has 2 aromatic heterocycles. The summed E-state index contributed by atoms with van der Waals surface area (Å²) < 4.78 is 18.6. The van der Waals surface area contributed by atoms with Gasteiger partial charge in [0.15, 0.2) is 0 Å². The van der Waals surface area contributed by atoms with Crippen molar-refractivity contribution in [3.05, 3.63) is 83.7 Å². The third-order valence-electron chi connectivity index (χ3n) is 3.92. The van der Waals surface area contributed by atoms with E-state index in [-0.39, 0.29) is 5.82 Å². The van der Waals surface area contributed by atoms with Crippen LogP contribution < -0.4 is 10.1 Å². The monoisotopic (exact) mass is 380 g/mol. The first-order valence-corrected chi connectivity index (χ1v) is 8.56. The molecule has 0 unspecified atom stereocenters. The average Bonchev–Trinajstić information content (AvgIpc) is 2.69. The fourth-order valence-electron chi connectivity index (χ4n) is 2.55. The summed E-state index contributed by atoms with van der Waals surface area (Å²) in [6, 6.07) is 15.4. The number of hydrogen-bond donors (Lipinski definition) is 1. The van der Waals surface area contributed by atoms with Gasteiger partial charge in [0, 0.05) is 11.1 Å². The third kappa shape index (κ3) is 4.12. The fraction of sp³-hybridized carbons (Fsp3) is 0.0500. The summed E-state index contributed by atoms with van der Waals surface area (Å²) in [4.78, 5) is 12.5. The molecule has 0 aliphatic rings. The molecule has 2 heterocycles. The number of ether oxygens (including phenoxy) is 1. The third-order valence-corrected chi connectivity index (χ3v) is 4.13. The van der Waals surface area contributed by atoms with Gasteiger partial charge in [-0.3, -0.25) is 0 Å². The predicted octanol–water partition coefficient (Wildman–Crippen LogP) is 5.14. The number of rotatable bonds is 5. The van der Waals surface area contributed by atoms with Gasteiger partial charge < -0.3 is 10.1 Å². The Hall–Kier alpha value is -3.25. The standard InChI is InChI=1S/C20H14ClFN4O/c21-19-9-17-18(10-23-19)24-12-25-20(17)26-15-5-7-16(8-6-15)27-11-13-1-3-14(22)4-2-13/h1-10,12H,11H2,(H,24,25,26). The van der Waals surface area contributed by atoms with E-state index >= 15 is 0 Å². The van der Waals surface area contributed by atoms with Crippen molar-refractivity contribution < 1.29 is 9.13 Å². The molecule has 7 heteroatoms. The second-order valence-electron chi connectivity index (χ2n) is 5.81. The van der Waals surface area contributed by atoms with Gasteiger partial charge in [-0.2, -0.15) is 0 Å². The molecule has 0 saturated carbocycles. The highest BCUT2D eigenvalue weighted by Crippen LogP contribution is 2.25. The van der Waals surface area contributed by atoms with Crippen molar-refractivity contribution in [3.8, 4) is 5.75 Å². The van der Waals surface area contributed by atoms with Crippen LogP contribution in [-0.4, -0.2) is 15.0 Å². The van der Waals surface area contributed by atoms with Crippen LogP contribution in [0.3, 0.4) is 0 Å². The molecule has 0 bridgehead atoms. The molecule has 0 amide bonds. The summed E-state index contributed by atoms with van der Waals surface area (Å²) in [6.45, 7) is 0.370. The Morgan fingerprint density at radius 3 is 2.52 bits per heavy atom. The van der Waals surface area contributed by atoms with Crippen LogP contribution in [0.25, 0.3) is 10.9 Å². The molecule has 0 radical (unpaired) electrons. The van der Waals surface area contributed by atoms with Crippen LogP contribution in [-0.2, 0) is 6.61 Å². The Morgan fingerprint density at radius 1 is 0.963 bits per heavy atom. The molecule has 27 heavy (non-hydrogen) atoms. The minimum Gasteiger partial charge on any atom is -0.489 e. The second-order valence-corrected chi connectivity index (χ2v) is 6.20. The average molecular weight is 381 g/mol. The first-order valence-electron chi connectivity index (χ1n) is 8.18. The van der Waals surface area contributed by atoms with E-state index in [0.29, 0.717) is 28.8 Å². The molecule has 0 atom stereocenters. The van der Waals surface area contributed by atoms with Gasteiger partial charge in [-0.25, -0.2) is 19.3 Å². The van der Waals surface area contributed by atoms with E-state index in [4.69, 9.17) is 16.3 Å². The van der Waals surface area contributed by atoms with Gasteiger partial charge in [-0.1, -0.05) is 23.7 Å². The van der Waals surface area contributed by atoms with Gasteiger partial charge in [-0.15, -0.1) is 0 Å². The summed E-state index contributed by atoms with van der Waals surface area (Å²) in [6.07, 6.45) is 3.08. The molecule has 1 N–H and O–H groups in total. The molecule has 0 saturated heterocycles. The zero-order chi connectivity index (χ0) is 18.6. The van der Waals surface area contributed by atoms with Gasteiger partial charge in [0.25, 0.3) is 0 Å². The van der Waals surface area contributed by atoms with Crippen LogP contribution in [0.5, 0.6) is 5.75 Å². The van der Waals surface area contributed by atoms with E-state index in [0.717, 1.165) is 16.6 Å². The predicted molar refractivity (Wildman–Crippen MR) is 103 cm³/mol. The topological polar surface area (TPSA) is 59.9 Å². The smallest absolute Gasteiger partial charge is 0.141 e. The molecule has 0 aliphatic carbocycles. The van der Waals surface area contributed by atoms with Crippen molar-refractivity contribution >= 4 is 34.0 Å². The van der Waals surface area contributed by atoms with Crippen LogP contribution in [0.15, 0.2) is 67.1 Å². The first kappa shape index (κ1) is 17.2. The highest BCUT2D eigenvalue weighted by atomic mass is 35.5. The normalized spacial score (nSPS) is 10.7. The SMILES string of the molecule is Fc1ccc(COc2ccc(Nc3ncnc4cnc(Cl)cc34)cc2)cc1. The second kappa shape index (κ2) is 7.55.